The van der Waals surface area contributed by atoms with Crippen molar-refractivity contribution in [3.05, 3.63) is 60.0 Å². The van der Waals surface area contributed by atoms with Crippen molar-refractivity contribution in [2.75, 3.05) is 10.6 Å². The van der Waals surface area contributed by atoms with Gasteiger partial charge in [-0.1, -0.05) is 5.16 Å². The third-order valence-corrected chi connectivity index (χ3v) is 5.98. The summed E-state index contributed by atoms with van der Waals surface area (Å²) in [5.41, 5.74) is 0.266. The molecule has 0 atom stereocenters. The summed E-state index contributed by atoms with van der Waals surface area (Å²) in [4.78, 5) is 28.0. The predicted molar refractivity (Wildman–Crippen MR) is 116 cm³/mol. The molecule has 8 nitrogen and oxygen atoms in total. The summed E-state index contributed by atoms with van der Waals surface area (Å²) in [7, 11) is 0. The third-order valence-electron chi connectivity index (χ3n) is 5.98. The first-order valence-electron chi connectivity index (χ1n) is 10.4. The number of urea groups is 1. The lowest BCUT2D eigenvalue weighted by Gasteiger charge is -2.32. The molecular formula is C23H22F2N4O4. The smallest absolute Gasteiger partial charge is 0.323 e. The van der Waals surface area contributed by atoms with Crippen LogP contribution in [-0.4, -0.2) is 27.2 Å². The topological polar surface area (TPSA) is 117 Å². The van der Waals surface area contributed by atoms with Gasteiger partial charge in [0.25, 0.3) is 0 Å². The summed E-state index contributed by atoms with van der Waals surface area (Å²) >= 11 is 0. The van der Waals surface area contributed by atoms with Gasteiger partial charge in [0.05, 0.1) is 11.1 Å². The van der Waals surface area contributed by atoms with E-state index in [0.717, 1.165) is 12.1 Å². The molecule has 10 heteroatoms. The zero-order chi connectivity index (χ0) is 23.6. The number of aliphatic carboxylic acids is 1. The van der Waals surface area contributed by atoms with Gasteiger partial charge in [-0.15, -0.1) is 0 Å². The predicted octanol–water partition coefficient (Wildman–Crippen LogP) is 5.41. The van der Waals surface area contributed by atoms with E-state index >= 15 is 0 Å². The Labute approximate surface area is 188 Å². The van der Waals surface area contributed by atoms with Crippen molar-refractivity contribution in [3.63, 3.8) is 0 Å². The molecule has 0 bridgehead atoms. The minimum atomic E-state index is -0.876. The third kappa shape index (κ3) is 5.00. The van der Waals surface area contributed by atoms with E-state index in [1.807, 2.05) is 0 Å². The van der Waals surface area contributed by atoms with Crippen molar-refractivity contribution in [2.24, 2.45) is 5.41 Å². The number of benzene rings is 2. The van der Waals surface area contributed by atoms with Crippen molar-refractivity contribution in [2.45, 2.75) is 38.5 Å². The molecule has 0 aliphatic heterocycles. The second kappa shape index (κ2) is 8.97. The van der Waals surface area contributed by atoms with E-state index < -0.39 is 29.0 Å². The minimum absolute atomic E-state index is 0.0233. The van der Waals surface area contributed by atoms with Crippen molar-refractivity contribution in [3.8, 4) is 11.4 Å². The maximum atomic E-state index is 13.7. The molecule has 2 amide bonds. The second-order valence-electron chi connectivity index (χ2n) is 8.38. The molecule has 0 saturated heterocycles. The molecule has 33 heavy (non-hydrogen) atoms. The van der Waals surface area contributed by atoms with Crippen LogP contribution in [0.2, 0.25) is 0 Å². The molecular weight excluding hydrogens is 434 g/mol. The number of carboxylic acid groups (broad SMARTS) is 1. The Balaban J connectivity index is 1.36. The normalized spacial score (nSPS) is 20.3. The van der Waals surface area contributed by atoms with Gasteiger partial charge in [0.15, 0.2) is 0 Å². The Morgan fingerprint density at radius 3 is 2.42 bits per heavy atom. The highest BCUT2D eigenvalue weighted by Crippen LogP contribution is 2.42. The lowest BCUT2D eigenvalue weighted by molar-refractivity contribution is -0.150. The molecule has 3 N–H and O–H groups in total. The van der Waals surface area contributed by atoms with Gasteiger partial charge in [0.2, 0.25) is 11.7 Å². The summed E-state index contributed by atoms with van der Waals surface area (Å²) in [6.45, 7) is 1.76. The van der Waals surface area contributed by atoms with Crippen LogP contribution in [0.1, 0.15) is 44.4 Å². The molecule has 1 aliphatic carbocycles. The molecule has 0 unspecified atom stereocenters. The van der Waals surface area contributed by atoms with Crippen LogP contribution in [0.5, 0.6) is 0 Å². The SMILES string of the molecule is CC1(C(=O)O)CCC(c2nc(-c3ccc(NC(=O)Nc4ccc(F)cc4F)cc3)no2)CC1. The molecule has 0 radical (unpaired) electrons. The highest BCUT2D eigenvalue weighted by Gasteiger charge is 2.39. The molecule has 0 spiro atoms. The Bertz CT molecular complexity index is 1170. The van der Waals surface area contributed by atoms with E-state index in [9.17, 15) is 23.5 Å². The summed E-state index contributed by atoms with van der Waals surface area (Å²) in [6, 6.07) is 8.84. The van der Waals surface area contributed by atoms with Crippen LogP contribution in [0.15, 0.2) is 47.0 Å². The number of halogens is 2. The van der Waals surface area contributed by atoms with Gasteiger partial charge in [-0.3, -0.25) is 4.79 Å². The zero-order valence-electron chi connectivity index (χ0n) is 17.8. The fraction of sp³-hybridized carbons (Fsp3) is 0.304. The molecule has 172 valence electrons. The maximum absolute atomic E-state index is 13.7. The molecule has 1 aromatic heterocycles. The minimum Gasteiger partial charge on any atom is -0.481 e. The van der Waals surface area contributed by atoms with Crippen LogP contribution in [0.3, 0.4) is 0 Å². The Morgan fingerprint density at radius 1 is 1.09 bits per heavy atom. The first-order valence-corrected chi connectivity index (χ1v) is 10.4. The average molecular weight is 456 g/mol. The number of carbonyl (C=O) groups is 2. The maximum Gasteiger partial charge on any atom is 0.323 e. The first-order chi connectivity index (χ1) is 15.7. The van der Waals surface area contributed by atoms with Crippen molar-refractivity contribution >= 4 is 23.4 Å². The van der Waals surface area contributed by atoms with Crippen LogP contribution >= 0.6 is 0 Å². The fourth-order valence-corrected chi connectivity index (χ4v) is 3.81. The first kappa shape index (κ1) is 22.4. The lowest BCUT2D eigenvalue weighted by Crippen LogP contribution is -2.31. The van der Waals surface area contributed by atoms with Gasteiger partial charge < -0.3 is 20.3 Å². The fourth-order valence-electron chi connectivity index (χ4n) is 3.81. The largest absolute Gasteiger partial charge is 0.481 e. The highest BCUT2D eigenvalue weighted by atomic mass is 19.1. The summed E-state index contributed by atoms with van der Waals surface area (Å²) in [5, 5.41) is 18.3. The number of anilines is 2. The van der Waals surface area contributed by atoms with E-state index in [4.69, 9.17) is 4.52 Å². The van der Waals surface area contributed by atoms with Crippen LogP contribution in [0.25, 0.3) is 11.4 Å². The van der Waals surface area contributed by atoms with Gasteiger partial charge >= 0.3 is 12.0 Å². The van der Waals surface area contributed by atoms with Gasteiger partial charge in [-0.25, -0.2) is 13.6 Å². The quantitative estimate of drug-likeness (QED) is 0.473. The summed E-state index contributed by atoms with van der Waals surface area (Å²) in [6.07, 6.45) is 2.43. The highest BCUT2D eigenvalue weighted by molar-refractivity contribution is 5.99. The van der Waals surface area contributed by atoms with E-state index in [-0.39, 0.29) is 11.6 Å². The van der Waals surface area contributed by atoms with Crippen LogP contribution < -0.4 is 10.6 Å². The van der Waals surface area contributed by atoms with Crippen molar-refractivity contribution in [1.29, 1.82) is 0 Å². The number of rotatable bonds is 5. The van der Waals surface area contributed by atoms with Gasteiger partial charge in [-0.2, -0.15) is 4.98 Å². The number of hydrogen-bond acceptors (Lipinski definition) is 5. The number of carboxylic acids is 1. The van der Waals surface area contributed by atoms with E-state index in [1.54, 1.807) is 31.2 Å². The summed E-state index contributed by atoms with van der Waals surface area (Å²) in [5.74, 6) is -1.49. The second-order valence-corrected chi connectivity index (χ2v) is 8.38. The number of hydrogen-bond donors (Lipinski definition) is 3. The molecule has 4 rings (SSSR count). The lowest BCUT2D eigenvalue weighted by atomic mass is 9.72. The molecule has 3 aromatic rings. The standard InChI is InChI=1S/C23H22F2N4O4/c1-23(21(30)31)10-8-14(9-11-23)20-28-19(29-33-20)13-2-5-16(6-3-13)26-22(32)27-18-7-4-15(24)12-17(18)25/h2-7,12,14H,8-11H2,1H3,(H,30,31)(H2,26,27,32). The Morgan fingerprint density at radius 2 is 1.79 bits per heavy atom. The number of amides is 2. The van der Waals surface area contributed by atoms with E-state index in [0.29, 0.717) is 54.7 Å². The van der Waals surface area contributed by atoms with E-state index in [1.165, 1.54) is 0 Å². The summed E-state index contributed by atoms with van der Waals surface area (Å²) < 4.78 is 32.1. The molecule has 1 heterocycles. The van der Waals surface area contributed by atoms with Crippen LogP contribution in [0, 0.1) is 17.0 Å². The van der Waals surface area contributed by atoms with Crippen molar-refractivity contribution in [1.82, 2.24) is 10.1 Å². The van der Waals surface area contributed by atoms with E-state index in [2.05, 4.69) is 20.8 Å². The van der Waals surface area contributed by atoms with Gasteiger partial charge in [0.1, 0.15) is 11.6 Å². The molecule has 1 saturated carbocycles. The number of aromatic nitrogens is 2. The zero-order valence-corrected chi connectivity index (χ0v) is 17.8. The van der Waals surface area contributed by atoms with Gasteiger partial charge in [0, 0.05) is 23.2 Å². The van der Waals surface area contributed by atoms with Crippen molar-refractivity contribution < 1.29 is 28.0 Å². The molecule has 1 aliphatic rings. The molecule has 2 aromatic carbocycles. The molecule has 1 fully saturated rings. The number of carbonyl (C=O) groups excluding carboxylic acids is 1. The number of nitrogens with zero attached hydrogens (tertiary/aromatic N) is 2. The van der Waals surface area contributed by atoms with Crippen LogP contribution in [-0.2, 0) is 4.79 Å². The van der Waals surface area contributed by atoms with Gasteiger partial charge in [-0.05, 0) is 69.0 Å². The van der Waals surface area contributed by atoms with Crippen LogP contribution in [0.4, 0.5) is 25.0 Å². The Hall–Kier alpha value is -3.82. The Kier molecular flexibility index (Phi) is 6.08. The average Bonchev–Trinajstić information content (AvgIpc) is 3.27. The monoisotopic (exact) mass is 456 g/mol. The number of nitrogens with one attached hydrogen (secondary N) is 2.